The lowest BCUT2D eigenvalue weighted by molar-refractivity contribution is -0.117. The number of nitrogens with one attached hydrogen (secondary N) is 2. The standard InChI is InChI=1S/C20H19N3O4/c24-17-5-2-13(3-6-17)18(8-10-22-20(26)27)19(25)23-16-4-1-15-12-21-9-7-14(15)11-16/h1-7,9,11-12,18,22,24H,8,10H2,(H,23,25)(H,26,27). The second-order valence-electron chi connectivity index (χ2n) is 6.09. The zero-order chi connectivity index (χ0) is 19.2. The van der Waals surface area contributed by atoms with Gasteiger partial charge in [-0.05, 0) is 47.7 Å². The van der Waals surface area contributed by atoms with Gasteiger partial charge in [-0.15, -0.1) is 0 Å². The second kappa shape index (κ2) is 8.18. The van der Waals surface area contributed by atoms with Crippen molar-refractivity contribution in [3.8, 4) is 5.75 Å². The topological polar surface area (TPSA) is 112 Å². The zero-order valence-corrected chi connectivity index (χ0v) is 14.4. The van der Waals surface area contributed by atoms with E-state index < -0.39 is 12.0 Å². The summed E-state index contributed by atoms with van der Waals surface area (Å²) in [5.74, 6) is -0.712. The van der Waals surface area contributed by atoms with Crippen LogP contribution in [0.5, 0.6) is 5.75 Å². The van der Waals surface area contributed by atoms with E-state index in [1.54, 1.807) is 30.6 Å². The number of phenolic OH excluding ortho intramolecular Hbond substituents is 1. The monoisotopic (exact) mass is 365 g/mol. The number of amides is 2. The molecule has 0 aliphatic heterocycles. The van der Waals surface area contributed by atoms with Crippen LogP contribution in [0, 0.1) is 0 Å². The minimum absolute atomic E-state index is 0.102. The number of carbonyl (C=O) groups is 2. The van der Waals surface area contributed by atoms with Crippen LogP contribution in [0.2, 0.25) is 0 Å². The molecule has 4 N–H and O–H groups in total. The van der Waals surface area contributed by atoms with Gasteiger partial charge < -0.3 is 20.8 Å². The van der Waals surface area contributed by atoms with Crippen molar-refractivity contribution in [2.75, 3.05) is 11.9 Å². The number of hydrogen-bond acceptors (Lipinski definition) is 4. The van der Waals surface area contributed by atoms with Crippen molar-refractivity contribution in [2.24, 2.45) is 0 Å². The van der Waals surface area contributed by atoms with Gasteiger partial charge in [-0.2, -0.15) is 0 Å². The highest BCUT2D eigenvalue weighted by Gasteiger charge is 2.21. The van der Waals surface area contributed by atoms with Gasteiger partial charge in [0.25, 0.3) is 0 Å². The lowest BCUT2D eigenvalue weighted by Gasteiger charge is -2.18. The predicted octanol–water partition coefficient (Wildman–Crippen LogP) is 3.32. The van der Waals surface area contributed by atoms with E-state index >= 15 is 0 Å². The quantitative estimate of drug-likeness (QED) is 0.535. The molecule has 7 heteroatoms. The molecule has 1 aromatic heterocycles. The molecule has 1 atom stereocenters. The Bertz CT molecular complexity index is 957. The number of aromatic hydroxyl groups is 1. The largest absolute Gasteiger partial charge is 0.508 e. The van der Waals surface area contributed by atoms with Crippen LogP contribution in [-0.4, -0.2) is 33.7 Å². The maximum absolute atomic E-state index is 12.8. The molecule has 0 saturated carbocycles. The summed E-state index contributed by atoms with van der Waals surface area (Å²) < 4.78 is 0. The first-order valence-electron chi connectivity index (χ1n) is 8.43. The number of carboxylic acid groups (broad SMARTS) is 1. The van der Waals surface area contributed by atoms with Crippen molar-refractivity contribution in [1.29, 1.82) is 0 Å². The predicted molar refractivity (Wildman–Crippen MR) is 102 cm³/mol. The minimum Gasteiger partial charge on any atom is -0.508 e. The van der Waals surface area contributed by atoms with Crippen molar-refractivity contribution in [3.05, 3.63) is 66.5 Å². The lowest BCUT2D eigenvalue weighted by atomic mass is 9.94. The summed E-state index contributed by atoms with van der Waals surface area (Å²) in [7, 11) is 0. The van der Waals surface area contributed by atoms with Gasteiger partial charge in [0.05, 0.1) is 5.92 Å². The fourth-order valence-corrected chi connectivity index (χ4v) is 2.87. The Morgan fingerprint density at radius 1 is 1.04 bits per heavy atom. The first kappa shape index (κ1) is 18.2. The van der Waals surface area contributed by atoms with E-state index in [1.165, 1.54) is 12.1 Å². The van der Waals surface area contributed by atoms with Crippen molar-refractivity contribution in [2.45, 2.75) is 12.3 Å². The molecule has 27 heavy (non-hydrogen) atoms. The van der Waals surface area contributed by atoms with E-state index in [1.807, 2.05) is 18.2 Å². The number of pyridine rings is 1. The maximum Gasteiger partial charge on any atom is 0.404 e. The molecule has 1 heterocycles. The molecule has 7 nitrogen and oxygen atoms in total. The highest BCUT2D eigenvalue weighted by atomic mass is 16.4. The van der Waals surface area contributed by atoms with Crippen LogP contribution in [0.4, 0.5) is 10.5 Å². The van der Waals surface area contributed by atoms with E-state index in [0.717, 1.165) is 10.8 Å². The normalized spacial score (nSPS) is 11.7. The smallest absolute Gasteiger partial charge is 0.404 e. The summed E-state index contributed by atoms with van der Waals surface area (Å²) in [6.07, 6.45) is 2.59. The Balaban J connectivity index is 1.79. The van der Waals surface area contributed by atoms with E-state index in [4.69, 9.17) is 5.11 Å². The van der Waals surface area contributed by atoms with Crippen LogP contribution in [-0.2, 0) is 4.79 Å². The van der Waals surface area contributed by atoms with Gasteiger partial charge in [-0.25, -0.2) is 4.79 Å². The molecule has 2 amide bonds. The highest BCUT2D eigenvalue weighted by molar-refractivity contribution is 5.98. The molecule has 1 unspecified atom stereocenters. The van der Waals surface area contributed by atoms with Crippen molar-refractivity contribution in [1.82, 2.24) is 10.3 Å². The number of rotatable bonds is 6. The third kappa shape index (κ3) is 4.72. The molecule has 0 aliphatic rings. The summed E-state index contributed by atoms with van der Waals surface area (Å²) in [5.41, 5.74) is 1.34. The van der Waals surface area contributed by atoms with E-state index in [2.05, 4.69) is 15.6 Å². The molecule has 3 aromatic rings. The van der Waals surface area contributed by atoms with Crippen LogP contribution >= 0.6 is 0 Å². The molecular formula is C20H19N3O4. The summed E-state index contributed by atoms with van der Waals surface area (Å²) >= 11 is 0. The first-order valence-corrected chi connectivity index (χ1v) is 8.43. The van der Waals surface area contributed by atoms with Gasteiger partial charge in [0.2, 0.25) is 5.91 Å². The van der Waals surface area contributed by atoms with Crippen LogP contribution in [0.25, 0.3) is 10.8 Å². The van der Waals surface area contributed by atoms with Gasteiger partial charge in [-0.3, -0.25) is 9.78 Å². The number of carbonyl (C=O) groups excluding carboxylic acids is 1. The molecule has 0 aliphatic carbocycles. The molecule has 0 fully saturated rings. The van der Waals surface area contributed by atoms with Gasteiger partial charge in [0, 0.05) is 30.0 Å². The summed E-state index contributed by atoms with van der Waals surface area (Å²) in [5, 5.41) is 25.3. The van der Waals surface area contributed by atoms with E-state index in [0.29, 0.717) is 17.7 Å². The molecule has 2 aromatic carbocycles. The molecule has 138 valence electrons. The summed E-state index contributed by atoms with van der Waals surface area (Å²) in [6.45, 7) is 0.137. The molecule has 0 saturated heterocycles. The Kier molecular flexibility index (Phi) is 5.51. The van der Waals surface area contributed by atoms with E-state index in [-0.39, 0.29) is 18.2 Å². The third-order valence-corrected chi connectivity index (χ3v) is 4.23. The summed E-state index contributed by atoms with van der Waals surface area (Å²) in [6, 6.07) is 13.7. The highest BCUT2D eigenvalue weighted by Crippen LogP contribution is 2.25. The minimum atomic E-state index is -1.14. The van der Waals surface area contributed by atoms with Crippen molar-refractivity contribution < 1.29 is 19.8 Å². The fraction of sp³-hybridized carbons (Fsp3) is 0.150. The molecule has 3 rings (SSSR count). The third-order valence-electron chi connectivity index (χ3n) is 4.23. The van der Waals surface area contributed by atoms with Gasteiger partial charge in [0.15, 0.2) is 0 Å². The van der Waals surface area contributed by atoms with Crippen molar-refractivity contribution >= 4 is 28.5 Å². The molecule has 0 bridgehead atoms. The van der Waals surface area contributed by atoms with Crippen LogP contribution in [0.15, 0.2) is 60.9 Å². The number of nitrogens with zero attached hydrogens (tertiary/aromatic N) is 1. The molecular weight excluding hydrogens is 346 g/mol. The SMILES string of the molecule is O=C(O)NCCC(C(=O)Nc1ccc2cnccc2c1)c1ccc(O)cc1. The number of phenols is 1. The van der Waals surface area contributed by atoms with Gasteiger partial charge in [-0.1, -0.05) is 18.2 Å². The Labute approximate surface area is 155 Å². The number of aromatic nitrogens is 1. The molecule has 0 spiro atoms. The number of fused-ring (bicyclic) bond motifs is 1. The molecule has 0 radical (unpaired) electrons. The fourth-order valence-electron chi connectivity index (χ4n) is 2.87. The average Bonchev–Trinajstić information content (AvgIpc) is 2.66. The number of benzene rings is 2. The average molecular weight is 365 g/mol. The zero-order valence-electron chi connectivity index (χ0n) is 14.4. The van der Waals surface area contributed by atoms with Crippen molar-refractivity contribution in [3.63, 3.8) is 0 Å². The van der Waals surface area contributed by atoms with Gasteiger partial charge in [0.1, 0.15) is 5.75 Å². The Morgan fingerprint density at radius 2 is 1.81 bits per heavy atom. The second-order valence-corrected chi connectivity index (χ2v) is 6.09. The summed E-state index contributed by atoms with van der Waals surface area (Å²) in [4.78, 5) is 27.6. The number of anilines is 1. The number of hydrogen-bond donors (Lipinski definition) is 4. The Hall–Kier alpha value is -3.61. The van der Waals surface area contributed by atoms with Crippen LogP contribution in [0.3, 0.4) is 0 Å². The van der Waals surface area contributed by atoms with Crippen LogP contribution in [0.1, 0.15) is 17.9 Å². The maximum atomic E-state index is 12.8. The Morgan fingerprint density at radius 3 is 2.56 bits per heavy atom. The van der Waals surface area contributed by atoms with Gasteiger partial charge >= 0.3 is 6.09 Å². The first-order chi connectivity index (χ1) is 13.0. The van der Waals surface area contributed by atoms with Crippen LogP contribution < -0.4 is 10.6 Å². The van der Waals surface area contributed by atoms with E-state index in [9.17, 15) is 14.7 Å². The lowest BCUT2D eigenvalue weighted by Crippen LogP contribution is -2.28.